The third-order valence-corrected chi connectivity index (χ3v) is 1.76. The molecule has 0 amide bonds. The average Bonchev–Trinajstić information content (AvgIpc) is 2.71. The van der Waals surface area contributed by atoms with Crippen LogP contribution in [0.25, 0.3) is 21.5 Å². The van der Waals surface area contributed by atoms with E-state index in [0.717, 1.165) is 16.6 Å². The Morgan fingerprint density at radius 3 is 3.13 bits per heavy atom. The van der Waals surface area contributed by atoms with Crippen molar-refractivity contribution >= 4 is 11.0 Å². The van der Waals surface area contributed by atoms with Crippen molar-refractivity contribution in [3.05, 3.63) is 34.2 Å². The zero-order valence-corrected chi connectivity index (χ0v) is 7.68. The smallest absolute Gasteiger partial charge is 0.114 e. The maximum atomic E-state index is 8.05. The van der Waals surface area contributed by atoms with Gasteiger partial charge in [0, 0.05) is 10.5 Å². The number of hydrogen-bond acceptors (Lipinski definition) is 3. The molecule has 2 rings (SSSR count). The van der Waals surface area contributed by atoms with Gasteiger partial charge in [-0.3, -0.25) is 0 Å². The molecule has 15 heavy (non-hydrogen) atoms. The van der Waals surface area contributed by atoms with E-state index in [1.807, 2.05) is 18.2 Å². The van der Waals surface area contributed by atoms with Gasteiger partial charge in [-0.15, -0.1) is 0 Å². The van der Waals surface area contributed by atoms with Crippen molar-refractivity contribution in [2.45, 2.75) is 0 Å². The summed E-state index contributed by atoms with van der Waals surface area (Å²) in [6.07, 6.45) is 0. The summed E-state index contributed by atoms with van der Waals surface area (Å²) >= 11 is 0. The Kier molecular flexibility index (Phi) is 2.50. The predicted molar refractivity (Wildman–Crippen MR) is 54.8 cm³/mol. The summed E-state index contributed by atoms with van der Waals surface area (Å²) in [4.78, 5) is 2.60. The van der Waals surface area contributed by atoms with Crippen LogP contribution in [0.5, 0.6) is 0 Å². The van der Waals surface area contributed by atoms with Crippen LogP contribution in [0.2, 0.25) is 0 Å². The second-order valence-corrected chi connectivity index (χ2v) is 2.72. The van der Waals surface area contributed by atoms with Gasteiger partial charge >= 0.3 is 0 Å². The fourth-order valence-corrected chi connectivity index (χ4v) is 1.13. The maximum absolute atomic E-state index is 8.05. The molecule has 0 radical (unpaired) electrons. The first-order valence-corrected chi connectivity index (χ1v) is 4.20. The largest absolute Gasteiger partial charge is 0.197 e. The zero-order valence-electron chi connectivity index (χ0n) is 7.68. The van der Waals surface area contributed by atoms with Gasteiger partial charge in [0.25, 0.3) is 0 Å². The summed E-state index contributed by atoms with van der Waals surface area (Å²) in [6.45, 7) is 0.174. The molecule has 1 N–H and O–H groups in total. The first-order valence-electron chi connectivity index (χ1n) is 4.20. The van der Waals surface area contributed by atoms with E-state index in [9.17, 15) is 0 Å². The highest BCUT2D eigenvalue weighted by Crippen LogP contribution is 2.09. The van der Waals surface area contributed by atoms with Crippen LogP contribution >= 0.6 is 0 Å². The SMILES string of the molecule is [N-]=[N+]=NCC#Cc1ccc2n[nH]nc2c1. The third kappa shape index (κ3) is 2.05. The van der Waals surface area contributed by atoms with Crippen molar-refractivity contribution in [1.29, 1.82) is 0 Å². The standard InChI is InChI=1S/C9H6N6/c10-14-11-5-1-2-7-3-4-8-9(6-7)13-15-12-8/h3-4,6H,5H2,(H,12,13,15). The molecule has 72 valence electrons. The number of aromatic amines is 1. The van der Waals surface area contributed by atoms with Crippen molar-refractivity contribution < 1.29 is 0 Å². The minimum atomic E-state index is 0.174. The lowest BCUT2D eigenvalue weighted by Gasteiger charge is -1.87. The zero-order chi connectivity index (χ0) is 10.5. The van der Waals surface area contributed by atoms with Crippen molar-refractivity contribution in [1.82, 2.24) is 15.4 Å². The van der Waals surface area contributed by atoms with E-state index in [0.29, 0.717) is 0 Å². The third-order valence-electron chi connectivity index (χ3n) is 1.76. The molecule has 6 heteroatoms. The second-order valence-electron chi connectivity index (χ2n) is 2.72. The molecule has 0 saturated carbocycles. The molecule has 1 heterocycles. The number of benzene rings is 1. The summed E-state index contributed by atoms with van der Waals surface area (Å²) in [5, 5.41) is 13.7. The van der Waals surface area contributed by atoms with E-state index in [1.165, 1.54) is 0 Å². The van der Waals surface area contributed by atoms with Crippen LogP contribution < -0.4 is 0 Å². The lowest BCUT2D eigenvalue weighted by molar-refractivity contribution is 0.959. The fraction of sp³-hybridized carbons (Fsp3) is 0.111. The van der Waals surface area contributed by atoms with Crippen LogP contribution in [0.3, 0.4) is 0 Å². The number of aromatic nitrogens is 3. The quantitative estimate of drug-likeness (QED) is 0.326. The van der Waals surface area contributed by atoms with Crippen molar-refractivity contribution in [3.8, 4) is 11.8 Å². The normalized spacial score (nSPS) is 9.07. The van der Waals surface area contributed by atoms with E-state index >= 15 is 0 Å². The molecule has 0 saturated heterocycles. The van der Waals surface area contributed by atoms with Crippen molar-refractivity contribution in [2.24, 2.45) is 5.11 Å². The van der Waals surface area contributed by atoms with E-state index < -0.39 is 0 Å². The Bertz CT molecular complexity index is 581. The molecule has 0 bridgehead atoms. The molecule has 0 aliphatic rings. The molecule has 2 aromatic rings. The topological polar surface area (TPSA) is 90.3 Å². The monoisotopic (exact) mass is 198 g/mol. The molecule has 6 nitrogen and oxygen atoms in total. The molecule has 1 aromatic carbocycles. The van der Waals surface area contributed by atoms with Crippen LogP contribution in [-0.4, -0.2) is 22.0 Å². The van der Waals surface area contributed by atoms with Gasteiger partial charge in [0.05, 0.1) is 6.54 Å². The summed E-state index contributed by atoms with van der Waals surface area (Å²) in [5.41, 5.74) is 10.4. The second kappa shape index (κ2) is 4.13. The molecule has 1 aromatic heterocycles. The minimum Gasteiger partial charge on any atom is -0.197 e. The van der Waals surface area contributed by atoms with Crippen LogP contribution in [0.1, 0.15) is 5.56 Å². The Hall–Kier alpha value is -2.51. The van der Waals surface area contributed by atoms with E-state index in [2.05, 4.69) is 37.3 Å². The number of nitrogens with zero attached hydrogens (tertiary/aromatic N) is 5. The van der Waals surface area contributed by atoms with Gasteiger partial charge in [0.2, 0.25) is 0 Å². The van der Waals surface area contributed by atoms with Crippen molar-refractivity contribution in [3.63, 3.8) is 0 Å². The Labute approximate surface area is 84.9 Å². The Balaban J connectivity index is 2.26. The molecule has 0 unspecified atom stereocenters. The van der Waals surface area contributed by atoms with Crippen LogP contribution in [0.4, 0.5) is 0 Å². The highest BCUT2D eigenvalue weighted by molar-refractivity contribution is 5.75. The Morgan fingerprint density at radius 2 is 2.27 bits per heavy atom. The molecule has 0 spiro atoms. The number of rotatable bonds is 1. The molecule has 0 aliphatic heterocycles. The van der Waals surface area contributed by atoms with Crippen LogP contribution in [0.15, 0.2) is 23.3 Å². The highest BCUT2D eigenvalue weighted by atomic mass is 15.3. The van der Waals surface area contributed by atoms with Gasteiger partial charge in [-0.25, -0.2) is 0 Å². The first-order chi connectivity index (χ1) is 7.40. The summed E-state index contributed by atoms with van der Waals surface area (Å²) < 4.78 is 0. The van der Waals surface area contributed by atoms with Gasteiger partial charge < -0.3 is 0 Å². The lowest BCUT2D eigenvalue weighted by Crippen LogP contribution is -1.76. The lowest BCUT2D eigenvalue weighted by atomic mass is 10.2. The summed E-state index contributed by atoms with van der Waals surface area (Å²) in [6, 6.07) is 5.49. The van der Waals surface area contributed by atoms with Gasteiger partial charge in [0.1, 0.15) is 11.0 Å². The molecule has 0 aliphatic carbocycles. The fourth-order valence-electron chi connectivity index (χ4n) is 1.13. The minimum absolute atomic E-state index is 0.174. The molecule has 0 fully saturated rings. The van der Waals surface area contributed by atoms with Crippen LogP contribution in [0, 0.1) is 11.8 Å². The van der Waals surface area contributed by atoms with Crippen LogP contribution in [-0.2, 0) is 0 Å². The molecule has 0 atom stereocenters. The number of nitrogens with one attached hydrogen (secondary N) is 1. The molecular weight excluding hydrogens is 192 g/mol. The Morgan fingerprint density at radius 1 is 1.40 bits per heavy atom. The number of H-pyrrole nitrogens is 1. The van der Waals surface area contributed by atoms with Gasteiger partial charge in [-0.1, -0.05) is 17.0 Å². The highest BCUT2D eigenvalue weighted by Gasteiger charge is 1.96. The van der Waals surface area contributed by atoms with E-state index in [1.54, 1.807) is 0 Å². The maximum Gasteiger partial charge on any atom is 0.114 e. The first kappa shape index (κ1) is 9.06. The van der Waals surface area contributed by atoms with Gasteiger partial charge in [-0.05, 0) is 23.7 Å². The number of hydrogen-bond donors (Lipinski definition) is 1. The average molecular weight is 198 g/mol. The summed E-state index contributed by atoms with van der Waals surface area (Å²) in [5.74, 6) is 5.60. The number of fused-ring (bicyclic) bond motifs is 1. The van der Waals surface area contributed by atoms with Crippen molar-refractivity contribution in [2.75, 3.05) is 6.54 Å². The van der Waals surface area contributed by atoms with E-state index in [-0.39, 0.29) is 6.54 Å². The molecular formula is C9H6N6. The predicted octanol–water partition coefficient (Wildman–Crippen LogP) is 1.62. The number of azide groups is 1. The van der Waals surface area contributed by atoms with Gasteiger partial charge in [-0.2, -0.15) is 15.4 Å². The van der Waals surface area contributed by atoms with Gasteiger partial charge in [0.15, 0.2) is 0 Å². The van der Waals surface area contributed by atoms with E-state index in [4.69, 9.17) is 5.53 Å². The summed E-state index contributed by atoms with van der Waals surface area (Å²) in [7, 11) is 0.